The average molecular weight is 522 g/mol. The monoisotopic (exact) mass is 521 g/mol. The van der Waals surface area contributed by atoms with E-state index in [1.54, 1.807) is 5.57 Å². The molecule has 0 aliphatic heterocycles. The van der Waals surface area contributed by atoms with Gasteiger partial charge in [0.2, 0.25) is 0 Å². The third-order valence-corrected chi connectivity index (χ3v) is 8.89. The fourth-order valence-corrected chi connectivity index (χ4v) is 6.82. The van der Waals surface area contributed by atoms with E-state index in [0.717, 1.165) is 6.42 Å². The van der Waals surface area contributed by atoms with Gasteiger partial charge in [-0.25, -0.2) is 0 Å². The van der Waals surface area contributed by atoms with Crippen molar-refractivity contribution < 1.29 is 0 Å². The van der Waals surface area contributed by atoms with Crippen molar-refractivity contribution in [3.63, 3.8) is 0 Å². The number of benzene rings is 1. The van der Waals surface area contributed by atoms with Crippen LogP contribution < -0.4 is 0 Å². The van der Waals surface area contributed by atoms with E-state index in [-0.39, 0.29) is 11.1 Å². The Morgan fingerprint density at radius 3 is 1.76 bits per heavy atom. The molecule has 1 aromatic rings. The van der Waals surface area contributed by atoms with Gasteiger partial charge in [0.15, 0.2) is 0 Å². The van der Waals surface area contributed by atoms with Gasteiger partial charge in [0.1, 0.15) is 0 Å². The van der Waals surface area contributed by atoms with Gasteiger partial charge in [-0.15, -0.1) is 0 Å². The van der Waals surface area contributed by atoms with E-state index in [1.165, 1.54) is 114 Å². The molecule has 0 radical (unpaired) electrons. The van der Waals surface area contributed by atoms with Gasteiger partial charge >= 0.3 is 0 Å². The van der Waals surface area contributed by atoms with Crippen molar-refractivity contribution in [1.29, 1.82) is 0 Å². The van der Waals surface area contributed by atoms with E-state index in [9.17, 15) is 0 Å². The molecule has 1 nitrogen and oxygen atoms in total. The molecule has 1 atom stereocenters. The van der Waals surface area contributed by atoms with Crippen LogP contribution in [0.5, 0.6) is 0 Å². The van der Waals surface area contributed by atoms with Crippen LogP contribution in [0.1, 0.15) is 157 Å². The highest BCUT2D eigenvalue weighted by Gasteiger charge is 2.41. The van der Waals surface area contributed by atoms with E-state index in [4.69, 9.17) is 0 Å². The zero-order valence-corrected chi connectivity index (χ0v) is 26.6. The molecule has 216 valence electrons. The smallest absolute Gasteiger partial charge is 0.0223 e. The maximum Gasteiger partial charge on any atom is 0.0223 e. The van der Waals surface area contributed by atoms with Gasteiger partial charge in [-0.05, 0) is 77.5 Å². The lowest BCUT2D eigenvalue weighted by molar-refractivity contribution is -0.00650. The van der Waals surface area contributed by atoms with E-state index >= 15 is 0 Å². The summed E-state index contributed by atoms with van der Waals surface area (Å²) in [5, 5.41) is 0. The Morgan fingerprint density at radius 2 is 1.21 bits per heavy atom. The molecule has 1 unspecified atom stereocenters. The third kappa shape index (κ3) is 11.0. The predicted molar refractivity (Wildman–Crippen MR) is 172 cm³/mol. The van der Waals surface area contributed by atoms with Crippen LogP contribution in [0, 0.1) is 5.92 Å². The molecule has 1 aromatic carbocycles. The normalized spacial score (nSPS) is 15.2. The second-order valence-electron chi connectivity index (χ2n) is 13.5. The van der Waals surface area contributed by atoms with Gasteiger partial charge < -0.3 is 0 Å². The number of hydrogen-bond donors (Lipinski definition) is 0. The Bertz CT molecular complexity index is 807. The van der Waals surface area contributed by atoms with Crippen molar-refractivity contribution in [3.8, 4) is 0 Å². The molecule has 0 amide bonds. The van der Waals surface area contributed by atoms with Crippen molar-refractivity contribution in [2.75, 3.05) is 6.54 Å². The predicted octanol–water partition coefficient (Wildman–Crippen LogP) is 11.8. The van der Waals surface area contributed by atoms with Gasteiger partial charge in [0.25, 0.3) is 0 Å². The van der Waals surface area contributed by atoms with Gasteiger partial charge in [0.05, 0.1) is 0 Å². The van der Waals surface area contributed by atoms with Crippen LogP contribution >= 0.6 is 0 Å². The first kappa shape index (κ1) is 32.9. The van der Waals surface area contributed by atoms with Crippen LogP contribution in [0.3, 0.4) is 0 Å². The molecule has 0 saturated carbocycles. The van der Waals surface area contributed by atoms with Crippen LogP contribution in [-0.2, 0) is 0 Å². The molecule has 1 aliphatic carbocycles. The zero-order valence-electron chi connectivity index (χ0n) is 26.6. The Balaban J connectivity index is 2.12. The topological polar surface area (TPSA) is 3.24 Å². The molecule has 0 bridgehead atoms. The van der Waals surface area contributed by atoms with E-state index in [0.29, 0.717) is 5.92 Å². The molecule has 1 heteroatoms. The highest BCUT2D eigenvalue weighted by Crippen LogP contribution is 2.43. The largest absolute Gasteiger partial charge is 0.293 e. The minimum atomic E-state index is 0.134. The number of rotatable bonds is 20. The third-order valence-electron chi connectivity index (χ3n) is 8.89. The van der Waals surface area contributed by atoms with Crippen molar-refractivity contribution in [1.82, 2.24) is 4.90 Å². The lowest BCUT2D eigenvalue weighted by Crippen LogP contribution is -2.58. The van der Waals surface area contributed by atoms with Gasteiger partial charge in [-0.2, -0.15) is 0 Å². The summed E-state index contributed by atoms with van der Waals surface area (Å²) in [4.78, 5) is 2.88. The highest BCUT2D eigenvalue weighted by molar-refractivity contribution is 5.77. The van der Waals surface area contributed by atoms with Crippen molar-refractivity contribution in [2.45, 2.75) is 162 Å². The Kier molecular flexibility index (Phi) is 15.0. The molecule has 2 rings (SSSR count). The second kappa shape index (κ2) is 17.4. The number of allylic oxidation sites excluding steroid dienone is 3. The van der Waals surface area contributed by atoms with Crippen LogP contribution in [0.2, 0.25) is 0 Å². The maximum atomic E-state index is 2.88. The summed E-state index contributed by atoms with van der Waals surface area (Å²) >= 11 is 0. The molecular weight excluding hydrogens is 458 g/mol. The molecular formula is C37H63N. The van der Waals surface area contributed by atoms with Crippen LogP contribution in [0.4, 0.5) is 0 Å². The second-order valence-corrected chi connectivity index (χ2v) is 13.5. The lowest BCUT2D eigenvalue weighted by atomic mass is 9.74. The molecule has 1 aliphatic rings. The summed E-state index contributed by atoms with van der Waals surface area (Å²) in [6, 6.07) is 11.0. The first-order valence-electron chi connectivity index (χ1n) is 16.5. The molecule has 0 heterocycles. The van der Waals surface area contributed by atoms with Crippen LogP contribution in [-0.4, -0.2) is 22.5 Å². The SMILES string of the molecule is CCCCCCCCCCN(C(C)(C)C)C(C)(C)C(CCCCCCCC)C1=CC(c2ccccc2)=CC1. The van der Waals surface area contributed by atoms with Crippen LogP contribution in [0.25, 0.3) is 5.57 Å². The van der Waals surface area contributed by atoms with Crippen LogP contribution in [0.15, 0.2) is 48.1 Å². The molecule has 0 N–H and O–H groups in total. The average Bonchev–Trinajstić information content (AvgIpc) is 3.36. The van der Waals surface area contributed by atoms with Gasteiger partial charge in [-0.3, -0.25) is 4.90 Å². The minimum Gasteiger partial charge on any atom is -0.293 e. The minimum absolute atomic E-state index is 0.134. The molecule has 0 saturated heterocycles. The maximum absolute atomic E-state index is 2.88. The number of hydrogen-bond acceptors (Lipinski definition) is 1. The summed E-state index contributed by atoms with van der Waals surface area (Å²) in [7, 11) is 0. The lowest BCUT2D eigenvalue weighted by Gasteiger charge is -2.52. The van der Waals surface area contributed by atoms with Gasteiger partial charge in [0, 0.05) is 11.1 Å². The van der Waals surface area contributed by atoms with E-state index < -0.39 is 0 Å². The summed E-state index contributed by atoms with van der Waals surface area (Å²) in [5.74, 6) is 0.597. The molecule has 0 aromatic heterocycles. The first-order valence-corrected chi connectivity index (χ1v) is 16.5. The standard InChI is InChI=1S/C37H63N/c1-8-10-12-14-16-17-19-24-30-38(36(3,4)5)37(6,7)35(27-23-18-15-13-11-9-2)34-29-28-33(31-34)32-25-21-20-22-26-32/h20-22,25-26,28,31,35H,8-19,23-24,27,29-30H2,1-7H3. The van der Waals surface area contributed by atoms with Crippen molar-refractivity contribution in [3.05, 3.63) is 53.6 Å². The summed E-state index contributed by atoms with van der Waals surface area (Å²) in [5.41, 5.74) is 4.75. The molecule has 38 heavy (non-hydrogen) atoms. The summed E-state index contributed by atoms with van der Waals surface area (Å²) in [6.45, 7) is 18.3. The number of nitrogens with zero attached hydrogens (tertiary/aromatic N) is 1. The Labute approximate surface area is 238 Å². The van der Waals surface area contributed by atoms with Crippen molar-refractivity contribution in [2.24, 2.45) is 5.92 Å². The quantitative estimate of drug-likeness (QED) is 0.154. The van der Waals surface area contributed by atoms with E-state index in [1.807, 2.05) is 0 Å². The summed E-state index contributed by atoms with van der Waals surface area (Å²) in [6.07, 6.45) is 26.8. The molecule has 0 fully saturated rings. The Hall–Kier alpha value is -1.34. The highest BCUT2D eigenvalue weighted by atomic mass is 15.2. The fraction of sp³-hybridized carbons (Fsp3) is 0.730. The fourth-order valence-electron chi connectivity index (χ4n) is 6.82. The Morgan fingerprint density at radius 1 is 0.684 bits per heavy atom. The zero-order chi connectivity index (χ0) is 27.9. The van der Waals surface area contributed by atoms with E-state index in [2.05, 4.69) is 95.8 Å². The number of unbranched alkanes of at least 4 members (excludes halogenated alkanes) is 12. The van der Waals surface area contributed by atoms with Gasteiger partial charge in [-0.1, -0.05) is 145 Å². The first-order chi connectivity index (χ1) is 18.2. The molecule has 0 spiro atoms. The summed E-state index contributed by atoms with van der Waals surface area (Å²) < 4.78 is 0. The van der Waals surface area contributed by atoms with Crippen molar-refractivity contribution >= 4 is 5.57 Å².